The zero-order chi connectivity index (χ0) is 25.9. The van der Waals surface area contributed by atoms with Gasteiger partial charge in [-0.3, -0.25) is 9.78 Å². The molecule has 0 spiro atoms. The molecule has 37 heavy (non-hydrogen) atoms. The number of benzene rings is 2. The van der Waals surface area contributed by atoms with E-state index in [0.717, 1.165) is 22.6 Å². The summed E-state index contributed by atoms with van der Waals surface area (Å²) in [4.78, 5) is 19.4. The topological polar surface area (TPSA) is 62.2 Å². The second kappa shape index (κ2) is 10.7. The van der Waals surface area contributed by atoms with Crippen LogP contribution in [0.2, 0.25) is 5.02 Å². The van der Waals surface area contributed by atoms with Crippen LogP contribution in [-0.4, -0.2) is 32.0 Å². The van der Waals surface area contributed by atoms with E-state index < -0.39 is 0 Å². The number of pyridine rings is 1. The molecule has 0 bridgehead atoms. The van der Waals surface area contributed by atoms with E-state index in [1.165, 1.54) is 24.3 Å². The number of nitrogens with zero attached hydrogens (tertiary/aromatic N) is 3. The summed E-state index contributed by atoms with van der Waals surface area (Å²) in [6.07, 6.45) is 3.97. The molecule has 1 fully saturated rings. The molecule has 4 aromatic rings. The molecule has 2 aromatic carbocycles. The third kappa shape index (κ3) is 5.35. The van der Waals surface area contributed by atoms with Crippen LogP contribution >= 0.6 is 23.8 Å². The van der Waals surface area contributed by atoms with E-state index in [1.54, 1.807) is 6.20 Å². The Hall–Kier alpha value is -3.75. The number of hydrogen-bond acceptors (Lipinski definition) is 3. The van der Waals surface area contributed by atoms with Gasteiger partial charge in [0.25, 0.3) is 0 Å². The average molecular weight is 534 g/mol. The first-order valence-corrected chi connectivity index (χ1v) is 12.7. The lowest BCUT2D eigenvalue weighted by atomic mass is 10.0. The fourth-order valence-electron chi connectivity index (χ4n) is 4.60. The Balaban J connectivity index is 1.44. The minimum Gasteiger partial charge on any atom is -0.352 e. The SMILES string of the molecule is Cc1cc(-n2cccc2[C@@H]2[C@@H](c3ccccn3)NC(=S)N2CCC(=O)Nc2ccc(F)cc2)ccc1Cl. The molecule has 1 amide bonds. The standard InChI is InChI=1S/C28H25ClFN5OS/c1-18-17-21(11-12-22(18)29)34-15-4-6-24(34)27-26(23-5-2-3-14-31-23)33-28(37)35(27)16-13-25(36)32-20-9-7-19(30)8-10-20/h2-12,14-15,17,26-27H,13,16H2,1H3,(H,32,36)(H,33,37)/t26-,27-/m1/s1. The van der Waals surface area contributed by atoms with Gasteiger partial charge in [0.05, 0.1) is 17.8 Å². The first kappa shape index (κ1) is 24.9. The summed E-state index contributed by atoms with van der Waals surface area (Å²) < 4.78 is 15.3. The molecule has 1 aliphatic heterocycles. The lowest BCUT2D eigenvalue weighted by Crippen LogP contribution is -2.33. The smallest absolute Gasteiger partial charge is 0.226 e. The number of anilines is 1. The largest absolute Gasteiger partial charge is 0.352 e. The van der Waals surface area contributed by atoms with Gasteiger partial charge in [0, 0.05) is 47.5 Å². The molecule has 5 rings (SSSR count). The van der Waals surface area contributed by atoms with E-state index in [1.807, 2.05) is 60.5 Å². The molecule has 188 valence electrons. The molecule has 0 unspecified atom stereocenters. The summed E-state index contributed by atoms with van der Waals surface area (Å²) in [5.74, 6) is -0.535. The zero-order valence-electron chi connectivity index (χ0n) is 20.1. The highest BCUT2D eigenvalue weighted by molar-refractivity contribution is 7.80. The molecule has 0 radical (unpaired) electrons. The number of carbonyl (C=O) groups is 1. The van der Waals surface area contributed by atoms with Crippen LogP contribution in [0, 0.1) is 12.7 Å². The van der Waals surface area contributed by atoms with Crippen molar-refractivity contribution in [1.29, 1.82) is 0 Å². The van der Waals surface area contributed by atoms with Crippen LogP contribution in [0.1, 0.15) is 35.5 Å². The van der Waals surface area contributed by atoms with Crippen molar-refractivity contribution in [2.45, 2.75) is 25.4 Å². The van der Waals surface area contributed by atoms with Gasteiger partial charge in [-0.1, -0.05) is 17.7 Å². The summed E-state index contributed by atoms with van der Waals surface area (Å²) in [7, 11) is 0. The maximum absolute atomic E-state index is 13.2. The third-order valence-electron chi connectivity index (χ3n) is 6.41. The predicted molar refractivity (Wildman–Crippen MR) is 147 cm³/mol. The number of hydrogen-bond donors (Lipinski definition) is 2. The van der Waals surface area contributed by atoms with E-state index in [-0.39, 0.29) is 30.2 Å². The number of thiocarbonyl (C=S) groups is 1. The van der Waals surface area contributed by atoms with Gasteiger partial charge in [-0.15, -0.1) is 0 Å². The van der Waals surface area contributed by atoms with Gasteiger partial charge in [0.15, 0.2) is 5.11 Å². The van der Waals surface area contributed by atoms with Crippen molar-refractivity contribution >= 4 is 40.5 Å². The minimum atomic E-state index is -0.353. The van der Waals surface area contributed by atoms with Gasteiger partial charge in [-0.25, -0.2) is 4.39 Å². The van der Waals surface area contributed by atoms with Crippen molar-refractivity contribution in [3.63, 3.8) is 0 Å². The summed E-state index contributed by atoms with van der Waals surface area (Å²) >= 11 is 12.0. The highest BCUT2D eigenvalue weighted by Gasteiger charge is 2.41. The summed E-state index contributed by atoms with van der Waals surface area (Å²) in [6, 6.07) is 21.0. The Bertz CT molecular complexity index is 1430. The van der Waals surface area contributed by atoms with Gasteiger partial charge < -0.3 is 20.1 Å². The minimum absolute atomic E-state index is 0.182. The molecule has 3 heterocycles. The number of halogens is 2. The first-order chi connectivity index (χ1) is 17.9. The second-order valence-corrected chi connectivity index (χ2v) is 9.66. The van der Waals surface area contributed by atoms with Crippen LogP contribution in [0.25, 0.3) is 5.69 Å². The van der Waals surface area contributed by atoms with Gasteiger partial charge in [-0.05, 0) is 91.4 Å². The maximum Gasteiger partial charge on any atom is 0.226 e. The molecule has 1 saturated heterocycles. The number of aromatic nitrogens is 2. The van der Waals surface area contributed by atoms with E-state index in [0.29, 0.717) is 22.4 Å². The molecule has 1 aliphatic rings. The Morgan fingerprint density at radius 2 is 1.95 bits per heavy atom. The highest BCUT2D eigenvalue weighted by atomic mass is 35.5. The van der Waals surface area contributed by atoms with E-state index in [4.69, 9.17) is 23.8 Å². The van der Waals surface area contributed by atoms with E-state index >= 15 is 0 Å². The Morgan fingerprint density at radius 3 is 2.68 bits per heavy atom. The van der Waals surface area contributed by atoms with Crippen LogP contribution < -0.4 is 10.6 Å². The Kier molecular flexibility index (Phi) is 7.21. The molecule has 2 aromatic heterocycles. The number of aryl methyl sites for hydroxylation is 1. The third-order valence-corrected chi connectivity index (χ3v) is 7.18. The lowest BCUT2D eigenvalue weighted by molar-refractivity contribution is -0.116. The molecule has 0 aliphatic carbocycles. The van der Waals surface area contributed by atoms with Crippen LogP contribution in [0.4, 0.5) is 10.1 Å². The molecular formula is C28H25ClFN5OS. The molecule has 2 N–H and O–H groups in total. The fourth-order valence-corrected chi connectivity index (χ4v) is 5.04. The van der Waals surface area contributed by atoms with Crippen molar-refractivity contribution in [3.8, 4) is 5.69 Å². The normalized spacial score (nSPS) is 17.1. The summed E-state index contributed by atoms with van der Waals surface area (Å²) in [5.41, 5.74) is 4.36. The van der Waals surface area contributed by atoms with Gasteiger partial charge >= 0.3 is 0 Å². The van der Waals surface area contributed by atoms with Crippen molar-refractivity contribution < 1.29 is 9.18 Å². The van der Waals surface area contributed by atoms with Crippen LogP contribution in [-0.2, 0) is 4.79 Å². The average Bonchev–Trinajstić information content (AvgIpc) is 3.50. The second-order valence-electron chi connectivity index (χ2n) is 8.86. The maximum atomic E-state index is 13.2. The van der Waals surface area contributed by atoms with E-state index in [2.05, 4.69) is 26.3 Å². The van der Waals surface area contributed by atoms with Crippen LogP contribution in [0.5, 0.6) is 0 Å². The lowest BCUT2D eigenvalue weighted by Gasteiger charge is -2.29. The molecule has 9 heteroatoms. The number of nitrogens with one attached hydrogen (secondary N) is 2. The Labute approximate surface area is 225 Å². The van der Waals surface area contributed by atoms with Gasteiger partial charge in [0.1, 0.15) is 5.82 Å². The molecule has 6 nitrogen and oxygen atoms in total. The number of carbonyl (C=O) groups excluding carboxylic acids is 1. The highest BCUT2D eigenvalue weighted by Crippen LogP contribution is 2.39. The van der Waals surface area contributed by atoms with Crippen molar-refractivity contribution in [3.05, 3.63) is 113 Å². The van der Waals surface area contributed by atoms with Gasteiger partial charge in [0.2, 0.25) is 5.91 Å². The van der Waals surface area contributed by atoms with Crippen molar-refractivity contribution in [2.24, 2.45) is 0 Å². The Morgan fingerprint density at radius 1 is 1.14 bits per heavy atom. The molecular weight excluding hydrogens is 509 g/mol. The fraction of sp³-hybridized carbons (Fsp3) is 0.179. The molecule has 2 atom stereocenters. The zero-order valence-corrected chi connectivity index (χ0v) is 21.6. The molecule has 0 saturated carbocycles. The monoisotopic (exact) mass is 533 g/mol. The quantitative estimate of drug-likeness (QED) is 0.286. The first-order valence-electron chi connectivity index (χ1n) is 11.9. The predicted octanol–water partition coefficient (Wildman–Crippen LogP) is 5.97. The van der Waals surface area contributed by atoms with Crippen LogP contribution in [0.15, 0.2) is 85.2 Å². The van der Waals surface area contributed by atoms with Crippen molar-refractivity contribution in [2.75, 3.05) is 11.9 Å². The van der Waals surface area contributed by atoms with Gasteiger partial charge in [-0.2, -0.15) is 0 Å². The summed E-state index contributed by atoms with van der Waals surface area (Å²) in [5, 5.41) is 7.51. The van der Waals surface area contributed by atoms with Crippen LogP contribution in [0.3, 0.4) is 0 Å². The number of amides is 1. The summed E-state index contributed by atoms with van der Waals surface area (Å²) in [6.45, 7) is 2.36. The van der Waals surface area contributed by atoms with Crippen molar-refractivity contribution in [1.82, 2.24) is 19.8 Å². The van der Waals surface area contributed by atoms with E-state index in [9.17, 15) is 9.18 Å². The number of rotatable bonds is 7.